The molecule has 1 atom stereocenters. The largest absolute Gasteiger partial charge is 0.192 e. The molecule has 0 fully saturated rings. The Morgan fingerprint density at radius 3 is 1.65 bits per heavy atom. The van der Waals surface area contributed by atoms with Crippen LogP contribution < -0.4 is 10.9 Å². The van der Waals surface area contributed by atoms with Crippen molar-refractivity contribution in [3.05, 3.63) is 57.6 Å². The molecule has 121 valence electrons. The number of hydrogen-bond donors (Lipinski definition) is 0. The average molecular weight is 305 g/mol. The van der Waals surface area contributed by atoms with Gasteiger partial charge in [0, 0.05) is 0 Å². The molecule has 0 aliphatic rings. The Morgan fingerprint density at radius 2 is 1.22 bits per heavy atom. The number of rotatable bonds is 5. The van der Waals surface area contributed by atoms with E-state index in [0.29, 0.717) is 0 Å². The molecule has 1 heteroatoms. The zero-order valence-electron chi connectivity index (χ0n) is 15.9. The molecule has 0 bridgehead atoms. The molecule has 0 nitrogen and oxygen atoms in total. The van der Waals surface area contributed by atoms with Gasteiger partial charge >= 0.3 is 0 Å². The topological polar surface area (TPSA) is 0 Å². The van der Waals surface area contributed by atoms with Crippen LogP contribution in [0.25, 0.3) is 0 Å². The van der Waals surface area contributed by atoms with Gasteiger partial charge in [0.1, 0.15) is 0 Å². The summed E-state index contributed by atoms with van der Waals surface area (Å²) < 4.78 is 0. The summed E-state index contributed by atoms with van der Waals surface area (Å²) in [5.74, 6) is 0.755. The summed E-state index contributed by atoms with van der Waals surface area (Å²) in [5, 5.41) is 0. The molecule has 0 saturated carbocycles. The molecule has 0 aliphatic heterocycles. The first kappa shape index (κ1) is 17.9. The Morgan fingerprint density at radius 1 is 0.783 bits per heavy atom. The zero-order valence-corrected chi connectivity index (χ0v) is 15.9. The molecule has 0 amide bonds. The van der Waals surface area contributed by atoms with Crippen LogP contribution in [-0.4, -0.2) is 7.28 Å². The van der Waals surface area contributed by atoms with E-state index in [1.807, 2.05) is 0 Å². The van der Waals surface area contributed by atoms with Crippen LogP contribution in [-0.2, 0) is 6.42 Å². The lowest BCUT2D eigenvalue weighted by Gasteiger charge is -2.17. The Bertz CT molecular complexity index is 651. The van der Waals surface area contributed by atoms with Crippen LogP contribution >= 0.6 is 0 Å². The average Bonchev–Trinajstić information content (AvgIpc) is 2.44. The molecule has 0 spiro atoms. The molecule has 1 radical (unpaired) electrons. The van der Waals surface area contributed by atoms with Crippen molar-refractivity contribution in [1.29, 1.82) is 0 Å². The molecule has 0 aliphatic carbocycles. The van der Waals surface area contributed by atoms with Gasteiger partial charge in [0.25, 0.3) is 0 Å². The van der Waals surface area contributed by atoms with Gasteiger partial charge in [-0.05, 0) is 52.5 Å². The highest BCUT2D eigenvalue weighted by atomic mass is 14.1. The van der Waals surface area contributed by atoms with E-state index in [1.165, 1.54) is 57.1 Å². The summed E-state index contributed by atoms with van der Waals surface area (Å²) in [5.41, 5.74) is 11.1. The summed E-state index contributed by atoms with van der Waals surface area (Å²) in [4.78, 5) is 0. The van der Waals surface area contributed by atoms with Crippen LogP contribution in [0.3, 0.4) is 0 Å². The first-order valence-corrected chi connectivity index (χ1v) is 8.84. The fraction of sp³-hybridized carbons (Fsp3) is 0.455. The minimum absolute atomic E-state index is 0.755. The fourth-order valence-corrected chi connectivity index (χ4v) is 3.52. The Balaban J connectivity index is 2.34. The van der Waals surface area contributed by atoms with E-state index < -0.39 is 0 Å². The maximum Gasteiger partial charge on any atom is 0.192 e. The summed E-state index contributed by atoms with van der Waals surface area (Å²) in [6.45, 7) is 15.7. The molecular formula is C22H30B. The van der Waals surface area contributed by atoms with Crippen molar-refractivity contribution in [2.24, 2.45) is 5.92 Å². The van der Waals surface area contributed by atoms with Gasteiger partial charge in [-0.15, -0.1) is 0 Å². The smallest absolute Gasteiger partial charge is 0.0757 e. The van der Waals surface area contributed by atoms with E-state index in [-0.39, 0.29) is 0 Å². The lowest BCUT2D eigenvalue weighted by Crippen LogP contribution is -2.34. The zero-order chi connectivity index (χ0) is 17.1. The van der Waals surface area contributed by atoms with Crippen molar-refractivity contribution in [2.45, 2.75) is 61.3 Å². The lowest BCUT2D eigenvalue weighted by atomic mass is 9.58. The Labute approximate surface area is 143 Å². The van der Waals surface area contributed by atoms with E-state index in [1.54, 1.807) is 0 Å². The second-order valence-electron chi connectivity index (χ2n) is 7.32. The minimum Gasteiger partial charge on any atom is -0.0757 e. The highest BCUT2D eigenvalue weighted by molar-refractivity contribution is 6.69. The summed E-state index contributed by atoms with van der Waals surface area (Å²) >= 11 is 0. The van der Waals surface area contributed by atoms with Gasteiger partial charge in [0.05, 0.1) is 0 Å². The van der Waals surface area contributed by atoms with E-state index in [2.05, 4.69) is 80.0 Å². The van der Waals surface area contributed by atoms with Crippen molar-refractivity contribution >= 4 is 18.2 Å². The predicted octanol–water partition coefficient (Wildman–Crippen LogP) is 4.47. The fourth-order valence-electron chi connectivity index (χ4n) is 3.52. The Hall–Kier alpha value is -1.50. The van der Waals surface area contributed by atoms with Crippen molar-refractivity contribution < 1.29 is 0 Å². The minimum atomic E-state index is 0.755. The summed E-state index contributed by atoms with van der Waals surface area (Å²) in [6, 6.07) is 9.31. The Kier molecular flexibility index (Phi) is 5.73. The number of aryl methyl sites for hydroxylation is 5. The van der Waals surface area contributed by atoms with Crippen LogP contribution in [0, 0.1) is 40.5 Å². The van der Waals surface area contributed by atoms with E-state index in [9.17, 15) is 0 Å². The maximum absolute atomic E-state index is 2.38. The number of hydrogen-bond acceptors (Lipinski definition) is 0. The van der Waals surface area contributed by atoms with Crippen LogP contribution in [0.2, 0.25) is 0 Å². The van der Waals surface area contributed by atoms with Crippen LogP contribution in [0.15, 0.2) is 24.3 Å². The third kappa shape index (κ3) is 4.28. The molecule has 23 heavy (non-hydrogen) atoms. The molecule has 2 aromatic rings. The van der Waals surface area contributed by atoms with Gasteiger partial charge in [-0.1, -0.05) is 83.3 Å². The highest BCUT2D eigenvalue weighted by Gasteiger charge is 2.12. The van der Waals surface area contributed by atoms with Crippen LogP contribution in [0.5, 0.6) is 0 Å². The molecule has 0 aromatic heterocycles. The number of benzene rings is 2. The molecule has 0 N–H and O–H groups in total. The van der Waals surface area contributed by atoms with Gasteiger partial charge in [-0.25, -0.2) is 0 Å². The normalized spacial score (nSPS) is 12.3. The SMILES string of the molecule is CCC(C)Cc1cc(C)c([B]c2c(C)cc(C)cc2C)c(C)c1. The predicted molar refractivity (Wildman–Crippen MR) is 105 cm³/mol. The summed E-state index contributed by atoms with van der Waals surface area (Å²) in [6.07, 6.45) is 2.43. The first-order valence-electron chi connectivity index (χ1n) is 8.84. The second-order valence-corrected chi connectivity index (χ2v) is 7.32. The monoisotopic (exact) mass is 305 g/mol. The maximum atomic E-state index is 2.38. The van der Waals surface area contributed by atoms with E-state index >= 15 is 0 Å². The third-order valence-corrected chi connectivity index (χ3v) is 4.96. The van der Waals surface area contributed by atoms with Gasteiger partial charge < -0.3 is 0 Å². The lowest BCUT2D eigenvalue weighted by molar-refractivity contribution is 0.560. The van der Waals surface area contributed by atoms with Gasteiger partial charge in [0.15, 0.2) is 7.28 Å². The molecular weight excluding hydrogens is 275 g/mol. The molecule has 0 saturated heterocycles. The second kappa shape index (κ2) is 7.38. The first-order chi connectivity index (χ1) is 10.8. The highest BCUT2D eigenvalue weighted by Crippen LogP contribution is 2.14. The molecule has 0 heterocycles. The van der Waals surface area contributed by atoms with Crippen LogP contribution in [0.1, 0.15) is 53.6 Å². The van der Waals surface area contributed by atoms with E-state index in [0.717, 1.165) is 5.92 Å². The summed E-state index contributed by atoms with van der Waals surface area (Å²) in [7, 11) is 2.38. The van der Waals surface area contributed by atoms with Crippen molar-refractivity contribution in [3.8, 4) is 0 Å². The van der Waals surface area contributed by atoms with Gasteiger partial charge in [-0.3, -0.25) is 0 Å². The third-order valence-electron chi connectivity index (χ3n) is 4.96. The van der Waals surface area contributed by atoms with Crippen molar-refractivity contribution in [1.82, 2.24) is 0 Å². The van der Waals surface area contributed by atoms with Crippen molar-refractivity contribution in [2.75, 3.05) is 0 Å². The standard InChI is InChI=1S/C22H30B/c1-8-14(2)11-20-12-18(6)22(19(7)13-20)23-21-16(4)9-15(3)10-17(21)5/h9-10,12-14H,8,11H2,1-7H3. The van der Waals surface area contributed by atoms with Gasteiger partial charge in [0.2, 0.25) is 0 Å². The molecule has 2 rings (SSSR count). The van der Waals surface area contributed by atoms with Crippen LogP contribution in [0.4, 0.5) is 0 Å². The molecule has 1 unspecified atom stereocenters. The van der Waals surface area contributed by atoms with Gasteiger partial charge in [-0.2, -0.15) is 0 Å². The van der Waals surface area contributed by atoms with Crippen molar-refractivity contribution in [3.63, 3.8) is 0 Å². The quantitative estimate of drug-likeness (QED) is 0.715. The van der Waals surface area contributed by atoms with E-state index in [4.69, 9.17) is 0 Å². The molecule has 2 aromatic carbocycles.